The molecule has 1 aromatic carbocycles. The molecule has 68 valence electrons. The minimum atomic E-state index is 0.698. The van der Waals surface area contributed by atoms with Crippen LogP contribution in [-0.4, -0.2) is 0 Å². The van der Waals surface area contributed by atoms with E-state index in [1.54, 1.807) is 0 Å². The lowest BCUT2D eigenvalue weighted by Gasteiger charge is -1.96. The van der Waals surface area contributed by atoms with E-state index in [-0.39, 0.29) is 0 Å². The lowest BCUT2D eigenvalue weighted by molar-refractivity contribution is 0.577. The molecule has 2 aromatic rings. The molecule has 0 radical (unpaired) electrons. The predicted octanol–water partition coefficient (Wildman–Crippen LogP) is 3.39. The highest BCUT2D eigenvalue weighted by Crippen LogP contribution is 2.34. The first-order valence-corrected chi connectivity index (χ1v) is 4.83. The third-order valence-electron chi connectivity index (χ3n) is 2.06. The Labute approximate surface area is 84.8 Å². The Bertz CT molecular complexity index is 473. The van der Waals surface area contributed by atoms with E-state index in [4.69, 9.17) is 10.2 Å². The topological polar surface area (TPSA) is 39.2 Å². The second kappa shape index (κ2) is 2.77. The first-order valence-electron chi connectivity index (χ1n) is 4.04. The second-order valence-corrected chi connectivity index (χ2v) is 4.00. The fourth-order valence-electron chi connectivity index (χ4n) is 1.47. The lowest BCUT2D eigenvalue weighted by atomic mass is 10.1. The molecular formula is C10H10BrNO. The number of aryl methyl sites for hydroxylation is 2. The smallest absolute Gasteiger partial charge is 0.158 e. The van der Waals surface area contributed by atoms with Crippen molar-refractivity contribution < 1.29 is 4.42 Å². The number of anilines is 1. The van der Waals surface area contributed by atoms with Crippen LogP contribution in [0.15, 0.2) is 21.0 Å². The van der Waals surface area contributed by atoms with Crippen molar-refractivity contribution in [1.29, 1.82) is 0 Å². The van der Waals surface area contributed by atoms with Crippen LogP contribution in [0, 0.1) is 13.8 Å². The summed E-state index contributed by atoms with van der Waals surface area (Å²) >= 11 is 3.47. The Balaban J connectivity index is 2.94. The van der Waals surface area contributed by atoms with Crippen LogP contribution in [0.5, 0.6) is 0 Å². The molecule has 2 N–H and O–H groups in total. The van der Waals surface area contributed by atoms with Gasteiger partial charge in [0.25, 0.3) is 0 Å². The van der Waals surface area contributed by atoms with Crippen LogP contribution in [0.1, 0.15) is 11.3 Å². The zero-order valence-electron chi connectivity index (χ0n) is 7.52. The maximum absolute atomic E-state index is 5.82. The Morgan fingerprint density at radius 2 is 2.00 bits per heavy atom. The van der Waals surface area contributed by atoms with E-state index < -0.39 is 0 Å². The fraction of sp³-hybridized carbons (Fsp3) is 0.200. The molecule has 0 fully saturated rings. The lowest BCUT2D eigenvalue weighted by Crippen LogP contribution is -1.85. The summed E-state index contributed by atoms with van der Waals surface area (Å²) in [5.74, 6) is 0.868. The summed E-state index contributed by atoms with van der Waals surface area (Å²) in [4.78, 5) is 0. The standard InChI is InChI=1S/C10H10BrNO/c1-5-3-7-9(11)6(2)13-10(7)8(12)4-5/h3-4H,12H2,1-2H3. The van der Waals surface area contributed by atoms with Crippen LogP contribution >= 0.6 is 15.9 Å². The van der Waals surface area contributed by atoms with Crippen LogP contribution in [0.4, 0.5) is 5.69 Å². The van der Waals surface area contributed by atoms with Crippen LogP contribution in [0.25, 0.3) is 11.0 Å². The number of nitrogen functional groups attached to an aromatic ring is 1. The molecule has 0 saturated carbocycles. The van der Waals surface area contributed by atoms with Crippen molar-refractivity contribution in [2.75, 3.05) is 5.73 Å². The van der Waals surface area contributed by atoms with Gasteiger partial charge in [0.1, 0.15) is 5.76 Å². The average Bonchev–Trinajstić information content (AvgIpc) is 2.32. The SMILES string of the molecule is Cc1cc(N)c2oc(C)c(Br)c2c1. The van der Waals surface area contributed by atoms with E-state index in [0.29, 0.717) is 5.69 Å². The summed E-state index contributed by atoms with van der Waals surface area (Å²) in [7, 11) is 0. The molecule has 1 heterocycles. The highest BCUT2D eigenvalue weighted by Gasteiger charge is 2.10. The van der Waals surface area contributed by atoms with Crippen molar-refractivity contribution in [2.45, 2.75) is 13.8 Å². The molecule has 0 saturated heterocycles. The largest absolute Gasteiger partial charge is 0.458 e. The zero-order valence-corrected chi connectivity index (χ0v) is 9.10. The van der Waals surface area contributed by atoms with Gasteiger partial charge in [-0.3, -0.25) is 0 Å². The number of hydrogen-bond donors (Lipinski definition) is 1. The Morgan fingerprint density at radius 1 is 1.31 bits per heavy atom. The van der Waals surface area contributed by atoms with Crippen molar-refractivity contribution >= 4 is 32.6 Å². The molecule has 2 nitrogen and oxygen atoms in total. The monoisotopic (exact) mass is 239 g/mol. The van der Waals surface area contributed by atoms with Gasteiger partial charge >= 0.3 is 0 Å². The maximum atomic E-state index is 5.82. The van der Waals surface area contributed by atoms with Gasteiger partial charge < -0.3 is 10.2 Å². The van der Waals surface area contributed by atoms with Crippen LogP contribution < -0.4 is 5.73 Å². The molecule has 3 heteroatoms. The molecule has 2 rings (SSSR count). The van der Waals surface area contributed by atoms with Crippen LogP contribution in [0.3, 0.4) is 0 Å². The highest BCUT2D eigenvalue weighted by atomic mass is 79.9. The zero-order chi connectivity index (χ0) is 9.59. The minimum Gasteiger partial charge on any atom is -0.458 e. The molecule has 0 bridgehead atoms. The number of fused-ring (bicyclic) bond motifs is 1. The normalized spacial score (nSPS) is 11.0. The Morgan fingerprint density at radius 3 is 2.69 bits per heavy atom. The molecule has 0 aliphatic carbocycles. The molecular weight excluding hydrogens is 230 g/mol. The number of halogens is 1. The fourth-order valence-corrected chi connectivity index (χ4v) is 1.84. The van der Waals surface area contributed by atoms with Gasteiger partial charge in [-0.05, 0) is 47.5 Å². The van der Waals surface area contributed by atoms with Gasteiger partial charge in [-0.2, -0.15) is 0 Å². The van der Waals surface area contributed by atoms with Crippen molar-refractivity contribution in [3.8, 4) is 0 Å². The molecule has 1 aromatic heterocycles. The first-order chi connectivity index (χ1) is 6.09. The van der Waals surface area contributed by atoms with Crippen molar-refractivity contribution in [3.05, 3.63) is 27.9 Å². The number of nitrogens with two attached hydrogens (primary N) is 1. The van der Waals surface area contributed by atoms with Crippen molar-refractivity contribution in [3.63, 3.8) is 0 Å². The molecule has 0 unspecified atom stereocenters. The van der Waals surface area contributed by atoms with Gasteiger partial charge in [0.15, 0.2) is 5.58 Å². The number of furan rings is 1. The molecule has 0 spiro atoms. The van der Waals surface area contributed by atoms with E-state index in [2.05, 4.69) is 22.0 Å². The minimum absolute atomic E-state index is 0.698. The average molecular weight is 240 g/mol. The summed E-state index contributed by atoms with van der Waals surface area (Å²) < 4.78 is 6.51. The Kier molecular flexibility index (Phi) is 1.84. The van der Waals surface area contributed by atoms with E-state index in [0.717, 1.165) is 26.8 Å². The number of hydrogen-bond acceptors (Lipinski definition) is 2. The summed E-state index contributed by atoms with van der Waals surface area (Å²) in [6.45, 7) is 3.93. The van der Waals surface area contributed by atoms with Gasteiger partial charge in [0, 0.05) is 5.39 Å². The maximum Gasteiger partial charge on any atom is 0.158 e. The third kappa shape index (κ3) is 1.23. The quantitative estimate of drug-likeness (QED) is 0.717. The Hall–Kier alpha value is -0.960. The van der Waals surface area contributed by atoms with Gasteiger partial charge in [0.2, 0.25) is 0 Å². The summed E-state index contributed by atoms with van der Waals surface area (Å²) in [5, 5.41) is 1.05. The van der Waals surface area contributed by atoms with Gasteiger partial charge in [0.05, 0.1) is 10.2 Å². The molecule has 0 atom stereocenters. The third-order valence-corrected chi connectivity index (χ3v) is 3.05. The van der Waals surface area contributed by atoms with E-state index in [1.807, 2.05) is 19.9 Å². The van der Waals surface area contributed by atoms with E-state index >= 15 is 0 Å². The van der Waals surface area contributed by atoms with Crippen molar-refractivity contribution in [2.24, 2.45) is 0 Å². The van der Waals surface area contributed by atoms with Gasteiger partial charge in [-0.25, -0.2) is 0 Å². The molecule has 0 amide bonds. The molecule has 13 heavy (non-hydrogen) atoms. The number of benzene rings is 1. The highest BCUT2D eigenvalue weighted by molar-refractivity contribution is 9.10. The molecule has 0 aliphatic heterocycles. The second-order valence-electron chi connectivity index (χ2n) is 3.20. The summed E-state index contributed by atoms with van der Waals surface area (Å²) in [5.41, 5.74) is 8.44. The molecule has 0 aliphatic rings. The van der Waals surface area contributed by atoms with Crippen LogP contribution in [-0.2, 0) is 0 Å². The first kappa shape index (κ1) is 8.63. The van der Waals surface area contributed by atoms with Gasteiger partial charge in [-0.1, -0.05) is 0 Å². The van der Waals surface area contributed by atoms with Gasteiger partial charge in [-0.15, -0.1) is 0 Å². The van der Waals surface area contributed by atoms with Crippen molar-refractivity contribution in [1.82, 2.24) is 0 Å². The summed E-state index contributed by atoms with van der Waals surface area (Å²) in [6, 6.07) is 3.98. The van der Waals surface area contributed by atoms with E-state index in [9.17, 15) is 0 Å². The predicted molar refractivity (Wildman–Crippen MR) is 57.8 cm³/mol. The number of rotatable bonds is 0. The van der Waals surface area contributed by atoms with E-state index in [1.165, 1.54) is 0 Å². The summed E-state index contributed by atoms with van der Waals surface area (Å²) in [6.07, 6.45) is 0. The van der Waals surface area contributed by atoms with Crippen LogP contribution in [0.2, 0.25) is 0 Å².